The van der Waals surface area contributed by atoms with Crippen LogP contribution in [-0.4, -0.2) is 6.72 Å². The van der Waals surface area contributed by atoms with E-state index in [9.17, 15) is 0 Å². The van der Waals surface area contributed by atoms with Crippen molar-refractivity contribution in [3.8, 4) is 6.07 Å². The zero-order valence-electron chi connectivity index (χ0n) is 4.18. The quantitative estimate of drug-likeness (QED) is 0.354. The third-order valence-corrected chi connectivity index (χ3v) is 0.558. The van der Waals surface area contributed by atoms with E-state index in [0.29, 0.717) is 5.70 Å². The highest BCUT2D eigenvalue weighted by Crippen LogP contribution is 1.87. The van der Waals surface area contributed by atoms with Gasteiger partial charge in [0.1, 0.15) is 11.8 Å². The molecular formula is C5H6N2. The molecule has 2 heteroatoms. The number of rotatable bonds is 1. The van der Waals surface area contributed by atoms with Gasteiger partial charge in [-0.05, 0) is 13.6 Å². The summed E-state index contributed by atoms with van der Waals surface area (Å²) in [5.74, 6) is 0. The largest absolute Gasteiger partial charge is 0.254 e. The van der Waals surface area contributed by atoms with E-state index >= 15 is 0 Å². The fourth-order valence-electron chi connectivity index (χ4n) is 0.191. The normalized spacial score (nSPS) is 10.0. The summed E-state index contributed by atoms with van der Waals surface area (Å²) in [7, 11) is 0. The third kappa shape index (κ3) is 1.72. The minimum absolute atomic E-state index is 0.375. The minimum atomic E-state index is 0.375. The summed E-state index contributed by atoms with van der Waals surface area (Å²) >= 11 is 0. The summed E-state index contributed by atoms with van der Waals surface area (Å²) in [6.07, 6.45) is 1.60. The molecule has 0 aliphatic rings. The molecule has 0 aliphatic heterocycles. The smallest absolute Gasteiger partial charge is 0.135 e. The Labute approximate surface area is 42.8 Å². The first-order chi connectivity index (χ1) is 3.35. The Morgan fingerprint density at radius 2 is 2.57 bits per heavy atom. The Kier molecular flexibility index (Phi) is 2.62. The summed E-state index contributed by atoms with van der Waals surface area (Å²) in [6, 6.07) is 1.83. The second-order valence-corrected chi connectivity index (χ2v) is 0.944. The standard InChI is InChI=1S/C5H6N2/c1-3-5(4-6)7-2/h3H,2H2,1H3/b5-3-. The van der Waals surface area contributed by atoms with Crippen LogP contribution in [0.1, 0.15) is 6.92 Å². The molecule has 0 radical (unpaired) electrons. The van der Waals surface area contributed by atoms with Gasteiger partial charge >= 0.3 is 0 Å². The van der Waals surface area contributed by atoms with Crippen molar-refractivity contribution in [2.24, 2.45) is 4.99 Å². The zero-order chi connectivity index (χ0) is 5.70. The van der Waals surface area contributed by atoms with Gasteiger partial charge in [0.15, 0.2) is 0 Å². The molecule has 0 aliphatic carbocycles. The summed E-state index contributed by atoms with van der Waals surface area (Å²) in [4.78, 5) is 3.38. The van der Waals surface area contributed by atoms with Crippen molar-refractivity contribution in [2.75, 3.05) is 0 Å². The molecule has 7 heavy (non-hydrogen) atoms. The Morgan fingerprint density at radius 3 is 2.57 bits per heavy atom. The predicted molar refractivity (Wildman–Crippen MR) is 28.9 cm³/mol. The van der Waals surface area contributed by atoms with Gasteiger partial charge in [0.05, 0.1) is 0 Å². The lowest BCUT2D eigenvalue weighted by molar-refractivity contribution is 1.38. The first-order valence-corrected chi connectivity index (χ1v) is 1.88. The SMILES string of the molecule is C=N/C(C#N)=C\C. The number of nitriles is 1. The van der Waals surface area contributed by atoms with Gasteiger partial charge < -0.3 is 0 Å². The number of hydrogen-bond acceptors (Lipinski definition) is 2. The van der Waals surface area contributed by atoms with Gasteiger partial charge in [0.2, 0.25) is 0 Å². The Hall–Kier alpha value is -1.10. The van der Waals surface area contributed by atoms with Crippen molar-refractivity contribution in [3.63, 3.8) is 0 Å². The first kappa shape index (κ1) is 5.90. The molecule has 0 spiro atoms. The number of aliphatic imine (C=N–C) groups is 1. The van der Waals surface area contributed by atoms with E-state index in [4.69, 9.17) is 5.26 Å². The van der Waals surface area contributed by atoms with Crippen molar-refractivity contribution in [2.45, 2.75) is 6.92 Å². The molecule has 2 nitrogen and oxygen atoms in total. The maximum Gasteiger partial charge on any atom is 0.135 e. The van der Waals surface area contributed by atoms with Crippen LogP contribution in [0.25, 0.3) is 0 Å². The summed E-state index contributed by atoms with van der Waals surface area (Å²) < 4.78 is 0. The van der Waals surface area contributed by atoms with Crippen molar-refractivity contribution >= 4 is 6.72 Å². The average molecular weight is 94.1 g/mol. The Balaban J connectivity index is 3.94. The Bertz CT molecular complexity index is 128. The zero-order valence-corrected chi connectivity index (χ0v) is 4.18. The van der Waals surface area contributed by atoms with Gasteiger partial charge in [0.25, 0.3) is 0 Å². The van der Waals surface area contributed by atoms with Gasteiger partial charge in [-0.25, -0.2) is 0 Å². The molecule has 0 unspecified atom stereocenters. The number of allylic oxidation sites excluding steroid dienone is 2. The van der Waals surface area contributed by atoms with Gasteiger partial charge in [-0.1, -0.05) is 6.08 Å². The molecule has 0 amide bonds. The summed E-state index contributed by atoms with van der Waals surface area (Å²) in [5, 5.41) is 8.07. The molecule has 36 valence electrons. The average Bonchev–Trinajstić information content (AvgIpc) is 1.72. The molecule has 0 N–H and O–H groups in total. The fraction of sp³-hybridized carbons (Fsp3) is 0.200. The maximum absolute atomic E-state index is 8.07. The van der Waals surface area contributed by atoms with Crippen molar-refractivity contribution in [1.82, 2.24) is 0 Å². The second-order valence-electron chi connectivity index (χ2n) is 0.944. The highest BCUT2D eigenvalue weighted by atomic mass is 14.7. The molecule has 0 heterocycles. The van der Waals surface area contributed by atoms with Crippen LogP contribution in [-0.2, 0) is 0 Å². The van der Waals surface area contributed by atoms with Crippen LogP contribution in [0.4, 0.5) is 0 Å². The van der Waals surface area contributed by atoms with Crippen LogP contribution in [0.3, 0.4) is 0 Å². The summed E-state index contributed by atoms with van der Waals surface area (Å²) in [5.41, 5.74) is 0.375. The molecule has 0 atom stereocenters. The van der Waals surface area contributed by atoms with E-state index in [1.165, 1.54) is 0 Å². The second kappa shape index (κ2) is 3.10. The van der Waals surface area contributed by atoms with Crippen molar-refractivity contribution < 1.29 is 0 Å². The lowest BCUT2D eigenvalue weighted by Crippen LogP contribution is -1.64. The molecule has 0 aromatic heterocycles. The van der Waals surface area contributed by atoms with Gasteiger partial charge in [-0.15, -0.1) is 0 Å². The fourth-order valence-corrected chi connectivity index (χ4v) is 0.191. The van der Waals surface area contributed by atoms with Crippen LogP contribution in [0.2, 0.25) is 0 Å². The molecule has 0 aromatic carbocycles. The highest BCUT2D eigenvalue weighted by Gasteiger charge is 1.78. The molecule has 0 aromatic rings. The van der Waals surface area contributed by atoms with E-state index in [1.54, 1.807) is 13.0 Å². The molecule has 0 fully saturated rings. The Morgan fingerprint density at radius 1 is 2.00 bits per heavy atom. The van der Waals surface area contributed by atoms with Crippen LogP contribution >= 0.6 is 0 Å². The topological polar surface area (TPSA) is 36.1 Å². The number of hydrogen-bond donors (Lipinski definition) is 0. The highest BCUT2D eigenvalue weighted by molar-refractivity contribution is 5.33. The predicted octanol–water partition coefficient (Wildman–Crippen LogP) is 1.11. The maximum atomic E-state index is 8.07. The monoisotopic (exact) mass is 94.1 g/mol. The van der Waals surface area contributed by atoms with Gasteiger partial charge in [0, 0.05) is 0 Å². The van der Waals surface area contributed by atoms with E-state index in [0.717, 1.165) is 0 Å². The van der Waals surface area contributed by atoms with Crippen molar-refractivity contribution in [3.05, 3.63) is 11.8 Å². The van der Waals surface area contributed by atoms with Crippen LogP contribution in [0.15, 0.2) is 16.8 Å². The van der Waals surface area contributed by atoms with E-state index < -0.39 is 0 Å². The molecule has 0 saturated heterocycles. The van der Waals surface area contributed by atoms with Gasteiger partial charge in [-0.3, -0.25) is 4.99 Å². The molecular weight excluding hydrogens is 88.1 g/mol. The number of nitrogens with zero attached hydrogens (tertiary/aromatic N) is 2. The van der Waals surface area contributed by atoms with Gasteiger partial charge in [-0.2, -0.15) is 5.26 Å². The third-order valence-electron chi connectivity index (χ3n) is 0.558. The van der Waals surface area contributed by atoms with Crippen LogP contribution in [0, 0.1) is 11.3 Å². The van der Waals surface area contributed by atoms with E-state index in [2.05, 4.69) is 11.7 Å². The summed E-state index contributed by atoms with van der Waals surface area (Å²) in [6.45, 7) is 4.91. The molecule has 0 rings (SSSR count). The molecule has 0 bridgehead atoms. The van der Waals surface area contributed by atoms with E-state index in [1.807, 2.05) is 6.07 Å². The lowest BCUT2D eigenvalue weighted by atomic mass is 10.5. The van der Waals surface area contributed by atoms with Crippen molar-refractivity contribution in [1.29, 1.82) is 5.26 Å². The molecule has 0 saturated carbocycles. The van der Waals surface area contributed by atoms with E-state index in [-0.39, 0.29) is 0 Å². The van der Waals surface area contributed by atoms with Crippen LogP contribution < -0.4 is 0 Å². The lowest BCUT2D eigenvalue weighted by Gasteiger charge is -1.75. The van der Waals surface area contributed by atoms with Crippen LogP contribution in [0.5, 0.6) is 0 Å². The first-order valence-electron chi connectivity index (χ1n) is 1.88. The minimum Gasteiger partial charge on any atom is -0.254 e.